The first kappa shape index (κ1) is 9.40. The second kappa shape index (κ2) is 3.92. The minimum atomic E-state index is 0.597. The third-order valence-electron chi connectivity index (χ3n) is 2.34. The molecule has 1 aromatic heterocycles. The topological polar surface area (TPSA) is 37.8 Å². The van der Waals surface area contributed by atoms with Crippen molar-refractivity contribution < 1.29 is 0 Å². The van der Waals surface area contributed by atoms with Crippen LogP contribution in [-0.2, 0) is 0 Å². The first-order valence-electron chi connectivity index (χ1n) is 4.55. The van der Waals surface area contributed by atoms with Crippen molar-refractivity contribution in [2.45, 2.75) is 32.2 Å². The summed E-state index contributed by atoms with van der Waals surface area (Å²) in [7, 11) is 0. The summed E-state index contributed by atoms with van der Waals surface area (Å²) in [6.07, 6.45) is 3.90. The van der Waals surface area contributed by atoms with Crippen LogP contribution < -0.4 is 5.32 Å². The maximum Gasteiger partial charge on any atom is 0.206 e. The molecule has 1 aliphatic carbocycles. The lowest BCUT2D eigenvalue weighted by molar-refractivity contribution is 0.615. The van der Waals surface area contributed by atoms with E-state index >= 15 is 0 Å². The van der Waals surface area contributed by atoms with Crippen LogP contribution in [0.3, 0.4) is 0 Å². The molecule has 0 amide bonds. The predicted octanol–water partition coefficient (Wildman–Crippen LogP) is 2.90. The molecular formula is C8H12BrN3S. The number of nitrogens with zero attached hydrogens (tertiary/aromatic N) is 2. The highest BCUT2D eigenvalue weighted by Crippen LogP contribution is 2.36. The molecule has 13 heavy (non-hydrogen) atoms. The average molecular weight is 262 g/mol. The Morgan fingerprint density at radius 1 is 1.62 bits per heavy atom. The van der Waals surface area contributed by atoms with Crippen LogP contribution in [0.25, 0.3) is 0 Å². The lowest BCUT2D eigenvalue weighted by atomic mass is 10.1. The van der Waals surface area contributed by atoms with E-state index in [1.54, 1.807) is 11.3 Å². The molecule has 0 bridgehead atoms. The summed E-state index contributed by atoms with van der Waals surface area (Å²) < 4.78 is 0.848. The van der Waals surface area contributed by atoms with Gasteiger partial charge in [-0.05, 0) is 41.1 Å². The summed E-state index contributed by atoms with van der Waals surface area (Å²) in [5.74, 6) is 0.868. The molecule has 2 rings (SSSR count). The zero-order valence-corrected chi connectivity index (χ0v) is 9.86. The van der Waals surface area contributed by atoms with E-state index in [0.29, 0.717) is 6.04 Å². The van der Waals surface area contributed by atoms with E-state index in [-0.39, 0.29) is 0 Å². The largest absolute Gasteiger partial charge is 0.357 e. The summed E-state index contributed by atoms with van der Waals surface area (Å²) in [4.78, 5) is 0. The first-order chi connectivity index (χ1) is 6.29. The van der Waals surface area contributed by atoms with E-state index < -0.39 is 0 Å². The molecule has 1 unspecified atom stereocenters. The van der Waals surface area contributed by atoms with Crippen LogP contribution in [0.15, 0.2) is 3.92 Å². The smallest absolute Gasteiger partial charge is 0.206 e. The van der Waals surface area contributed by atoms with Gasteiger partial charge in [-0.15, -0.1) is 10.2 Å². The molecule has 1 N–H and O–H groups in total. The van der Waals surface area contributed by atoms with Crippen molar-refractivity contribution in [1.29, 1.82) is 0 Å². The summed E-state index contributed by atoms with van der Waals surface area (Å²) >= 11 is 4.86. The predicted molar refractivity (Wildman–Crippen MR) is 58.0 cm³/mol. The molecule has 1 aromatic rings. The molecule has 5 heteroatoms. The number of anilines is 1. The highest BCUT2D eigenvalue weighted by molar-refractivity contribution is 9.11. The molecule has 0 saturated heterocycles. The quantitative estimate of drug-likeness (QED) is 0.906. The summed E-state index contributed by atoms with van der Waals surface area (Å²) in [6.45, 7) is 2.21. The maximum absolute atomic E-state index is 4.02. The Kier molecular flexibility index (Phi) is 2.83. The summed E-state index contributed by atoms with van der Waals surface area (Å²) in [5.41, 5.74) is 0. The van der Waals surface area contributed by atoms with Gasteiger partial charge < -0.3 is 5.32 Å². The maximum atomic E-state index is 4.02. The van der Waals surface area contributed by atoms with Gasteiger partial charge in [0.1, 0.15) is 0 Å². The summed E-state index contributed by atoms with van der Waals surface area (Å²) in [6, 6.07) is 0.597. The van der Waals surface area contributed by atoms with Crippen LogP contribution >= 0.6 is 27.3 Å². The lowest BCUT2D eigenvalue weighted by Gasteiger charge is -2.13. The van der Waals surface area contributed by atoms with E-state index in [1.807, 2.05) is 0 Å². The van der Waals surface area contributed by atoms with E-state index in [1.165, 1.54) is 19.3 Å². The SMILES string of the molecule is CCC(Nc1nnc(Br)s1)C1CC1. The minimum absolute atomic E-state index is 0.597. The molecule has 0 spiro atoms. The van der Waals surface area contributed by atoms with Gasteiger partial charge in [-0.1, -0.05) is 18.3 Å². The fourth-order valence-corrected chi connectivity index (χ4v) is 2.55. The number of rotatable bonds is 4. The number of nitrogens with one attached hydrogen (secondary N) is 1. The van der Waals surface area contributed by atoms with Gasteiger partial charge in [-0.25, -0.2) is 0 Å². The third kappa shape index (κ3) is 2.40. The normalized spacial score (nSPS) is 18.6. The fourth-order valence-electron chi connectivity index (χ4n) is 1.47. The van der Waals surface area contributed by atoms with Gasteiger partial charge in [-0.2, -0.15) is 0 Å². The van der Waals surface area contributed by atoms with E-state index in [9.17, 15) is 0 Å². The first-order valence-corrected chi connectivity index (χ1v) is 6.16. The number of halogens is 1. The van der Waals surface area contributed by atoms with Gasteiger partial charge >= 0.3 is 0 Å². The monoisotopic (exact) mass is 261 g/mol. The van der Waals surface area contributed by atoms with Crippen LogP contribution in [0.5, 0.6) is 0 Å². The van der Waals surface area contributed by atoms with Gasteiger partial charge in [0.15, 0.2) is 3.92 Å². The fraction of sp³-hybridized carbons (Fsp3) is 0.750. The Morgan fingerprint density at radius 2 is 2.38 bits per heavy atom. The Bertz CT molecular complexity index is 285. The van der Waals surface area contributed by atoms with E-state index in [4.69, 9.17) is 0 Å². The van der Waals surface area contributed by atoms with Crippen LogP contribution in [0.4, 0.5) is 5.13 Å². The summed E-state index contributed by atoms with van der Waals surface area (Å²) in [5, 5.41) is 12.3. The van der Waals surface area contributed by atoms with Crippen molar-refractivity contribution in [2.24, 2.45) is 5.92 Å². The van der Waals surface area contributed by atoms with Gasteiger partial charge in [0.05, 0.1) is 0 Å². The molecule has 1 aliphatic rings. The van der Waals surface area contributed by atoms with E-state index in [0.717, 1.165) is 15.0 Å². The van der Waals surface area contributed by atoms with Crippen LogP contribution in [0, 0.1) is 5.92 Å². The Hall–Kier alpha value is -0.160. The van der Waals surface area contributed by atoms with Crippen molar-refractivity contribution in [3.8, 4) is 0 Å². The molecule has 1 saturated carbocycles. The Morgan fingerprint density at radius 3 is 2.85 bits per heavy atom. The Balaban J connectivity index is 1.95. The highest BCUT2D eigenvalue weighted by atomic mass is 79.9. The van der Waals surface area contributed by atoms with Crippen molar-refractivity contribution in [3.05, 3.63) is 3.92 Å². The standard InChI is InChI=1S/C8H12BrN3S/c1-2-6(5-3-4-5)10-8-12-11-7(9)13-8/h5-6H,2-4H2,1H3,(H,10,12). The molecule has 1 fully saturated rings. The third-order valence-corrected chi connectivity index (χ3v) is 3.63. The number of hydrogen-bond donors (Lipinski definition) is 1. The molecular weight excluding hydrogens is 250 g/mol. The Labute approximate surface area is 90.1 Å². The van der Waals surface area contributed by atoms with Crippen molar-refractivity contribution in [3.63, 3.8) is 0 Å². The number of hydrogen-bond acceptors (Lipinski definition) is 4. The average Bonchev–Trinajstić information content (AvgIpc) is 2.87. The lowest BCUT2D eigenvalue weighted by Crippen LogP contribution is -2.20. The van der Waals surface area contributed by atoms with E-state index in [2.05, 4.69) is 38.4 Å². The molecule has 0 aromatic carbocycles. The molecule has 0 aliphatic heterocycles. The minimum Gasteiger partial charge on any atom is -0.357 e. The molecule has 72 valence electrons. The molecule has 1 atom stereocenters. The van der Waals surface area contributed by atoms with Gasteiger partial charge in [-0.3, -0.25) is 0 Å². The number of aromatic nitrogens is 2. The molecule has 0 radical (unpaired) electrons. The van der Waals surface area contributed by atoms with Crippen LogP contribution in [0.2, 0.25) is 0 Å². The van der Waals surface area contributed by atoms with Crippen molar-refractivity contribution in [1.82, 2.24) is 10.2 Å². The van der Waals surface area contributed by atoms with Crippen molar-refractivity contribution in [2.75, 3.05) is 5.32 Å². The second-order valence-electron chi connectivity index (χ2n) is 3.36. The van der Waals surface area contributed by atoms with Gasteiger partial charge in [0, 0.05) is 6.04 Å². The second-order valence-corrected chi connectivity index (χ2v) is 5.61. The van der Waals surface area contributed by atoms with Crippen LogP contribution in [0.1, 0.15) is 26.2 Å². The van der Waals surface area contributed by atoms with Crippen LogP contribution in [-0.4, -0.2) is 16.2 Å². The zero-order chi connectivity index (χ0) is 9.26. The molecule has 1 heterocycles. The highest BCUT2D eigenvalue weighted by Gasteiger charge is 2.30. The van der Waals surface area contributed by atoms with Gasteiger partial charge in [0.2, 0.25) is 5.13 Å². The van der Waals surface area contributed by atoms with Gasteiger partial charge in [0.25, 0.3) is 0 Å². The zero-order valence-electron chi connectivity index (χ0n) is 7.46. The van der Waals surface area contributed by atoms with Crippen molar-refractivity contribution >= 4 is 32.4 Å². The molecule has 3 nitrogen and oxygen atoms in total.